The highest BCUT2D eigenvalue weighted by molar-refractivity contribution is 5.85. The number of nitrogens with one attached hydrogen (secondary N) is 2. The molecule has 23 heavy (non-hydrogen) atoms. The van der Waals surface area contributed by atoms with Gasteiger partial charge in [-0.2, -0.15) is 0 Å². The number of rotatable bonds is 4. The molecule has 122 valence electrons. The highest BCUT2D eigenvalue weighted by Gasteiger charge is 2.14. The number of carbonyl (C=O) groups excluding carboxylic acids is 2. The van der Waals surface area contributed by atoms with Crippen molar-refractivity contribution in [1.82, 2.24) is 20.2 Å². The van der Waals surface area contributed by atoms with Crippen molar-refractivity contribution in [3.63, 3.8) is 0 Å². The maximum atomic E-state index is 12.3. The van der Waals surface area contributed by atoms with Crippen LogP contribution in [0.3, 0.4) is 0 Å². The second-order valence-corrected chi connectivity index (χ2v) is 6.27. The average Bonchev–Trinajstić information content (AvgIpc) is 2.47. The topological polar surface area (TPSA) is 93.1 Å². The van der Waals surface area contributed by atoms with Crippen molar-refractivity contribution in [2.45, 2.75) is 32.9 Å². The quantitative estimate of drug-likeness (QED) is 0.855. The summed E-state index contributed by atoms with van der Waals surface area (Å²) in [5.41, 5.74) is -0.0651. The number of amides is 2. The normalized spacial score (nSPS) is 11.3. The summed E-state index contributed by atoms with van der Waals surface area (Å²) in [5.74, 6) is -0.705. The maximum Gasteiger partial charge on any atom is 0.261 e. The van der Waals surface area contributed by atoms with E-state index in [4.69, 9.17) is 0 Å². The second-order valence-electron chi connectivity index (χ2n) is 6.27. The predicted octanol–water partition coefficient (Wildman–Crippen LogP) is 0.427. The van der Waals surface area contributed by atoms with Gasteiger partial charge in [-0.25, -0.2) is 4.98 Å². The van der Waals surface area contributed by atoms with Crippen molar-refractivity contribution in [2.75, 3.05) is 6.54 Å². The van der Waals surface area contributed by atoms with Crippen LogP contribution < -0.4 is 16.2 Å². The van der Waals surface area contributed by atoms with Gasteiger partial charge in [-0.05, 0) is 32.9 Å². The molecule has 0 bridgehead atoms. The lowest BCUT2D eigenvalue weighted by Crippen LogP contribution is -2.46. The smallest absolute Gasteiger partial charge is 0.261 e. The number of benzene rings is 1. The van der Waals surface area contributed by atoms with E-state index in [-0.39, 0.29) is 30.1 Å². The molecular formula is C16H20N4O3. The van der Waals surface area contributed by atoms with Crippen LogP contribution in [0.4, 0.5) is 0 Å². The number of carbonyl (C=O) groups is 2. The van der Waals surface area contributed by atoms with Crippen LogP contribution in [0.5, 0.6) is 0 Å². The molecule has 2 N–H and O–H groups in total. The molecule has 0 saturated heterocycles. The summed E-state index contributed by atoms with van der Waals surface area (Å²) in [6.45, 7) is 5.25. The van der Waals surface area contributed by atoms with E-state index in [1.165, 1.54) is 10.9 Å². The number of nitrogens with zero attached hydrogens (tertiary/aromatic N) is 2. The van der Waals surface area contributed by atoms with Crippen LogP contribution in [0.15, 0.2) is 35.4 Å². The van der Waals surface area contributed by atoms with Gasteiger partial charge in [0.2, 0.25) is 11.8 Å². The van der Waals surface area contributed by atoms with Crippen molar-refractivity contribution in [3.8, 4) is 0 Å². The van der Waals surface area contributed by atoms with Crippen molar-refractivity contribution < 1.29 is 9.59 Å². The Morgan fingerprint density at radius 3 is 2.57 bits per heavy atom. The first-order valence-electron chi connectivity index (χ1n) is 7.28. The Balaban J connectivity index is 2.00. The van der Waals surface area contributed by atoms with Gasteiger partial charge in [-0.1, -0.05) is 12.1 Å². The highest BCUT2D eigenvalue weighted by Crippen LogP contribution is 2.04. The van der Waals surface area contributed by atoms with E-state index in [1.807, 2.05) is 20.8 Å². The molecule has 0 aliphatic heterocycles. The third kappa shape index (κ3) is 4.64. The number of hydrogen-bond acceptors (Lipinski definition) is 4. The fourth-order valence-electron chi connectivity index (χ4n) is 2.07. The van der Waals surface area contributed by atoms with Crippen molar-refractivity contribution in [2.24, 2.45) is 0 Å². The Labute approximate surface area is 133 Å². The van der Waals surface area contributed by atoms with Gasteiger partial charge in [0.25, 0.3) is 5.56 Å². The second kappa shape index (κ2) is 6.60. The van der Waals surface area contributed by atoms with Gasteiger partial charge in [0.05, 0.1) is 23.8 Å². The Kier molecular flexibility index (Phi) is 4.78. The molecule has 0 saturated carbocycles. The fraction of sp³-hybridized carbons (Fsp3) is 0.375. The molecule has 0 fully saturated rings. The summed E-state index contributed by atoms with van der Waals surface area (Å²) >= 11 is 0. The van der Waals surface area contributed by atoms with Crippen LogP contribution in [0.25, 0.3) is 10.9 Å². The van der Waals surface area contributed by atoms with E-state index in [9.17, 15) is 14.4 Å². The van der Waals surface area contributed by atoms with Crippen LogP contribution in [0.1, 0.15) is 20.8 Å². The minimum atomic E-state index is -0.423. The van der Waals surface area contributed by atoms with Gasteiger partial charge in [-0.15, -0.1) is 0 Å². The molecule has 2 amide bonds. The Morgan fingerprint density at radius 1 is 1.17 bits per heavy atom. The van der Waals surface area contributed by atoms with Gasteiger partial charge < -0.3 is 10.6 Å². The Bertz CT molecular complexity index is 790. The molecular weight excluding hydrogens is 296 g/mol. The first-order chi connectivity index (χ1) is 10.8. The van der Waals surface area contributed by atoms with Gasteiger partial charge in [-0.3, -0.25) is 19.0 Å². The lowest BCUT2D eigenvalue weighted by atomic mass is 10.1. The zero-order valence-electron chi connectivity index (χ0n) is 13.4. The lowest BCUT2D eigenvalue weighted by molar-refractivity contribution is -0.127. The maximum absolute atomic E-state index is 12.3. The molecule has 1 heterocycles. The molecule has 1 aromatic heterocycles. The Morgan fingerprint density at radius 2 is 1.87 bits per heavy atom. The molecule has 2 rings (SSSR count). The monoisotopic (exact) mass is 316 g/mol. The zero-order chi connectivity index (χ0) is 17.0. The molecule has 1 aromatic carbocycles. The Hall–Kier alpha value is -2.70. The van der Waals surface area contributed by atoms with E-state index in [2.05, 4.69) is 15.6 Å². The van der Waals surface area contributed by atoms with E-state index in [0.29, 0.717) is 10.9 Å². The number of para-hydroxylation sites is 1. The zero-order valence-corrected chi connectivity index (χ0v) is 13.4. The molecule has 2 aromatic rings. The fourth-order valence-corrected chi connectivity index (χ4v) is 2.07. The molecule has 7 heteroatoms. The number of hydrogen-bond donors (Lipinski definition) is 2. The van der Waals surface area contributed by atoms with Crippen LogP contribution in [-0.4, -0.2) is 33.4 Å². The lowest BCUT2D eigenvalue weighted by Gasteiger charge is -2.20. The first-order valence-corrected chi connectivity index (χ1v) is 7.28. The third-order valence-electron chi connectivity index (χ3n) is 3.01. The predicted molar refractivity (Wildman–Crippen MR) is 86.9 cm³/mol. The molecule has 0 atom stereocenters. The van der Waals surface area contributed by atoms with E-state index in [0.717, 1.165) is 0 Å². The van der Waals surface area contributed by atoms with Crippen LogP contribution in [0.2, 0.25) is 0 Å². The van der Waals surface area contributed by atoms with Gasteiger partial charge >= 0.3 is 0 Å². The van der Waals surface area contributed by atoms with Gasteiger partial charge in [0.15, 0.2) is 0 Å². The highest BCUT2D eigenvalue weighted by atomic mass is 16.2. The molecule has 0 aliphatic carbocycles. The third-order valence-corrected chi connectivity index (χ3v) is 3.01. The van der Waals surface area contributed by atoms with Crippen LogP contribution >= 0.6 is 0 Å². The summed E-state index contributed by atoms with van der Waals surface area (Å²) in [5, 5.41) is 5.68. The molecule has 0 spiro atoms. The van der Waals surface area contributed by atoms with E-state index < -0.39 is 5.91 Å². The summed E-state index contributed by atoms with van der Waals surface area (Å²) in [6, 6.07) is 6.93. The van der Waals surface area contributed by atoms with E-state index >= 15 is 0 Å². The summed E-state index contributed by atoms with van der Waals surface area (Å²) in [4.78, 5) is 39.9. The number of aromatic nitrogens is 2. The largest absolute Gasteiger partial charge is 0.350 e. The van der Waals surface area contributed by atoms with Crippen LogP contribution in [-0.2, 0) is 16.1 Å². The van der Waals surface area contributed by atoms with Crippen molar-refractivity contribution in [1.29, 1.82) is 0 Å². The summed E-state index contributed by atoms with van der Waals surface area (Å²) in [6.07, 6.45) is 1.33. The standard InChI is InChI=1S/C16H20N4O3/c1-16(2,3)19-13(21)8-17-14(22)9-20-10-18-12-7-5-4-6-11(12)15(20)23/h4-7,10H,8-9H2,1-3H3,(H,17,22)(H,19,21). The molecule has 0 radical (unpaired) electrons. The number of fused-ring (bicyclic) bond motifs is 1. The summed E-state index contributed by atoms with van der Waals surface area (Å²) < 4.78 is 1.22. The average molecular weight is 316 g/mol. The van der Waals surface area contributed by atoms with Crippen LogP contribution in [0, 0.1) is 0 Å². The SMILES string of the molecule is CC(C)(C)NC(=O)CNC(=O)Cn1cnc2ccccc2c1=O. The van der Waals surface area contributed by atoms with E-state index in [1.54, 1.807) is 24.3 Å². The minimum absolute atomic E-state index is 0.133. The van der Waals surface area contributed by atoms with Crippen molar-refractivity contribution >= 4 is 22.7 Å². The van der Waals surface area contributed by atoms with Crippen molar-refractivity contribution in [3.05, 3.63) is 40.9 Å². The molecule has 0 aliphatic rings. The van der Waals surface area contributed by atoms with Gasteiger partial charge in [0, 0.05) is 5.54 Å². The van der Waals surface area contributed by atoms with Gasteiger partial charge in [0.1, 0.15) is 6.54 Å². The molecule has 7 nitrogen and oxygen atoms in total. The summed E-state index contributed by atoms with van der Waals surface area (Å²) in [7, 11) is 0. The minimum Gasteiger partial charge on any atom is -0.350 e. The molecule has 0 unspecified atom stereocenters. The first kappa shape index (κ1) is 16.7.